The highest BCUT2D eigenvalue weighted by molar-refractivity contribution is 8.00. The number of halogens is 3. The third-order valence-electron chi connectivity index (χ3n) is 3.99. The van der Waals surface area contributed by atoms with Gasteiger partial charge >= 0.3 is 6.18 Å². The topological polar surface area (TPSA) is 42.0 Å². The van der Waals surface area contributed by atoms with Crippen molar-refractivity contribution in [3.8, 4) is 0 Å². The van der Waals surface area contributed by atoms with Gasteiger partial charge in [-0.05, 0) is 31.9 Å². The smallest absolute Gasteiger partial charge is 0.321 e. The lowest BCUT2D eigenvalue weighted by Crippen LogP contribution is -2.18. The fourth-order valence-corrected chi connectivity index (χ4v) is 5.07. The van der Waals surface area contributed by atoms with Crippen LogP contribution in [-0.4, -0.2) is 16.1 Å². The molecule has 148 valence electrons. The van der Waals surface area contributed by atoms with Crippen LogP contribution in [0, 0.1) is 6.92 Å². The van der Waals surface area contributed by atoms with Crippen LogP contribution in [0.4, 0.5) is 18.9 Å². The average Bonchev–Trinajstić information content (AvgIpc) is 2.98. The molecular formula is C19H23F3N2OS2. The minimum atomic E-state index is -4.66. The van der Waals surface area contributed by atoms with Crippen LogP contribution in [0.5, 0.6) is 0 Å². The summed E-state index contributed by atoms with van der Waals surface area (Å²) in [5.74, 6) is -0.779. The first-order valence-corrected chi connectivity index (χ1v) is 10.5. The third-order valence-corrected chi connectivity index (χ3v) is 6.32. The van der Waals surface area contributed by atoms with Gasteiger partial charge in [0.05, 0.1) is 5.01 Å². The van der Waals surface area contributed by atoms with E-state index in [0.717, 1.165) is 29.7 Å². The molecule has 0 aliphatic rings. The van der Waals surface area contributed by atoms with Crippen LogP contribution in [0.1, 0.15) is 64.8 Å². The number of carbonyl (C=O) groups excluding carboxylic acids is 1. The summed E-state index contributed by atoms with van der Waals surface area (Å²) in [6.45, 7) is 7.78. The number of amides is 1. The number of carbonyl (C=O) groups is 1. The molecule has 2 aromatic rings. The van der Waals surface area contributed by atoms with Gasteiger partial charge in [0.1, 0.15) is 4.88 Å². The number of anilines is 1. The number of alkyl halides is 3. The second-order valence-electron chi connectivity index (χ2n) is 6.33. The SMILES string of the molecule is CCCC(C)SC(C)c1ccccc1NC(=O)c1sc(C)nc1C(F)(F)F. The zero-order valence-electron chi connectivity index (χ0n) is 15.7. The van der Waals surface area contributed by atoms with Gasteiger partial charge in [-0.25, -0.2) is 4.98 Å². The summed E-state index contributed by atoms with van der Waals surface area (Å²) >= 11 is 2.54. The molecule has 2 unspecified atom stereocenters. The first-order valence-electron chi connectivity index (χ1n) is 8.73. The maximum absolute atomic E-state index is 13.1. The molecule has 3 nitrogen and oxygen atoms in total. The summed E-state index contributed by atoms with van der Waals surface area (Å²) < 4.78 is 39.4. The Kier molecular flexibility index (Phi) is 7.33. The summed E-state index contributed by atoms with van der Waals surface area (Å²) in [4.78, 5) is 15.6. The maximum atomic E-state index is 13.1. The van der Waals surface area contributed by atoms with Crippen LogP contribution in [0.2, 0.25) is 0 Å². The number of aromatic nitrogens is 1. The largest absolute Gasteiger partial charge is 0.435 e. The van der Waals surface area contributed by atoms with Gasteiger partial charge in [-0.3, -0.25) is 4.79 Å². The van der Waals surface area contributed by atoms with Crippen molar-refractivity contribution in [1.82, 2.24) is 4.98 Å². The monoisotopic (exact) mass is 416 g/mol. The molecule has 0 aliphatic heterocycles. The zero-order chi connectivity index (χ0) is 20.2. The van der Waals surface area contributed by atoms with Crippen LogP contribution >= 0.6 is 23.1 Å². The van der Waals surface area contributed by atoms with Crippen LogP contribution in [0.15, 0.2) is 24.3 Å². The van der Waals surface area contributed by atoms with E-state index in [-0.39, 0.29) is 10.3 Å². The molecule has 0 radical (unpaired) electrons. The highest BCUT2D eigenvalue weighted by Gasteiger charge is 2.39. The van der Waals surface area contributed by atoms with Crippen molar-refractivity contribution < 1.29 is 18.0 Å². The molecule has 0 bridgehead atoms. The number of hydrogen-bond donors (Lipinski definition) is 1. The summed E-state index contributed by atoms with van der Waals surface area (Å²) in [6, 6.07) is 7.24. The number of hydrogen-bond acceptors (Lipinski definition) is 4. The lowest BCUT2D eigenvalue weighted by atomic mass is 10.1. The Morgan fingerprint density at radius 3 is 2.59 bits per heavy atom. The van der Waals surface area contributed by atoms with Crippen LogP contribution in [0.3, 0.4) is 0 Å². The number of aryl methyl sites for hydroxylation is 1. The van der Waals surface area contributed by atoms with Crippen LogP contribution < -0.4 is 5.32 Å². The Morgan fingerprint density at radius 2 is 1.96 bits per heavy atom. The maximum Gasteiger partial charge on any atom is 0.435 e. The van der Waals surface area contributed by atoms with Crippen molar-refractivity contribution in [2.24, 2.45) is 0 Å². The van der Waals surface area contributed by atoms with E-state index in [4.69, 9.17) is 0 Å². The zero-order valence-corrected chi connectivity index (χ0v) is 17.3. The van der Waals surface area contributed by atoms with Crippen molar-refractivity contribution in [2.75, 3.05) is 5.32 Å². The third kappa shape index (κ3) is 5.72. The Hall–Kier alpha value is -1.54. The van der Waals surface area contributed by atoms with E-state index in [2.05, 4.69) is 24.1 Å². The minimum absolute atomic E-state index is 0.105. The fraction of sp³-hybridized carbons (Fsp3) is 0.474. The molecule has 1 aromatic heterocycles. The highest BCUT2D eigenvalue weighted by atomic mass is 32.2. The van der Waals surface area contributed by atoms with Crippen LogP contribution in [-0.2, 0) is 6.18 Å². The van der Waals surface area contributed by atoms with Gasteiger partial charge in [0, 0.05) is 16.2 Å². The predicted molar refractivity (Wildman–Crippen MR) is 107 cm³/mol. The second kappa shape index (κ2) is 9.10. The molecule has 0 aliphatic carbocycles. The average molecular weight is 417 g/mol. The quantitative estimate of drug-likeness (QED) is 0.546. The Bertz CT molecular complexity index is 790. The Labute approximate surface area is 165 Å². The summed E-state index contributed by atoms with van der Waals surface area (Å²) in [5, 5.41) is 3.42. The van der Waals surface area contributed by atoms with Gasteiger partial charge in [0.25, 0.3) is 5.91 Å². The number of thioether (sulfide) groups is 1. The van der Waals surface area contributed by atoms with Gasteiger partial charge in [0.2, 0.25) is 0 Å². The van der Waals surface area contributed by atoms with Crippen molar-refractivity contribution >= 4 is 34.7 Å². The standard InChI is InChI=1S/C19H23F3N2OS2/c1-5-8-11(2)26-12(3)14-9-6-7-10-15(14)24-18(25)16-17(19(20,21)22)23-13(4)27-16/h6-7,9-12H,5,8H2,1-4H3,(H,24,25). The van der Waals surface area contributed by atoms with E-state index in [1.54, 1.807) is 23.9 Å². The predicted octanol–water partition coefficient (Wildman–Crippen LogP) is 6.71. The highest BCUT2D eigenvalue weighted by Crippen LogP contribution is 2.38. The molecule has 1 aromatic carbocycles. The molecule has 1 heterocycles. The summed E-state index contributed by atoms with van der Waals surface area (Å²) in [5.41, 5.74) is 0.304. The molecule has 0 spiro atoms. The van der Waals surface area contributed by atoms with E-state index in [1.165, 1.54) is 6.92 Å². The molecule has 0 saturated heterocycles. The number of nitrogens with one attached hydrogen (secondary N) is 1. The van der Waals surface area contributed by atoms with Gasteiger partial charge in [-0.15, -0.1) is 11.3 Å². The van der Waals surface area contributed by atoms with Crippen molar-refractivity contribution in [3.05, 3.63) is 45.4 Å². The first kappa shape index (κ1) is 21.8. The Balaban J connectivity index is 2.25. The van der Waals surface area contributed by atoms with Crippen molar-refractivity contribution in [1.29, 1.82) is 0 Å². The van der Waals surface area contributed by atoms with Gasteiger partial charge in [-0.1, -0.05) is 38.5 Å². The molecule has 2 rings (SSSR count). The molecule has 27 heavy (non-hydrogen) atoms. The molecular weight excluding hydrogens is 393 g/mol. The van der Waals surface area contributed by atoms with Crippen LogP contribution in [0.25, 0.3) is 0 Å². The Morgan fingerprint density at radius 1 is 1.30 bits per heavy atom. The number of nitrogens with zero attached hydrogens (tertiary/aromatic N) is 1. The second-order valence-corrected chi connectivity index (χ2v) is 9.31. The molecule has 1 N–H and O–H groups in total. The minimum Gasteiger partial charge on any atom is -0.321 e. The normalized spacial score (nSPS) is 14.0. The first-order chi connectivity index (χ1) is 12.6. The number of thiazole rings is 1. The number of rotatable bonds is 7. The van der Waals surface area contributed by atoms with E-state index in [1.807, 2.05) is 19.1 Å². The van der Waals surface area contributed by atoms with E-state index in [0.29, 0.717) is 10.9 Å². The summed E-state index contributed by atoms with van der Waals surface area (Å²) in [7, 11) is 0. The van der Waals surface area contributed by atoms with Gasteiger partial charge in [0.15, 0.2) is 5.69 Å². The van der Waals surface area contributed by atoms with E-state index >= 15 is 0 Å². The molecule has 1 amide bonds. The van der Waals surface area contributed by atoms with Gasteiger partial charge in [-0.2, -0.15) is 24.9 Å². The molecule has 2 atom stereocenters. The van der Waals surface area contributed by atoms with Gasteiger partial charge < -0.3 is 5.32 Å². The lowest BCUT2D eigenvalue weighted by molar-refractivity contribution is -0.141. The molecule has 8 heteroatoms. The van der Waals surface area contributed by atoms with Crippen molar-refractivity contribution in [2.45, 2.75) is 57.2 Å². The summed E-state index contributed by atoms with van der Waals surface area (Å²) in [6.07, 6.45) is -2.49. The van der Waals surface area contributed by atoms with Crippen molar-refractivity contribution in [3.63, 3.8) is 0 Å². The number of para-hydroxylation sites is 1. The fourth-order valence-electron chi connectivity index (χ4n) is 2.81. The molecule has 0 saturated carbocycles. The lowest BCUT2D eigenvalue weighted by Gasteiger charge is -2.20. The van der Waals surface area contributed by atoms with E-state index in [9.17, 15) is 18.0 Å². The number of benzene rings is 1. The molecule has 0 fully saturated rings. The van der Waals surface area contributed by atoms with E-state index < -0.39 is 22.7 Å².